The lowest BCUT2D eigenvalue weighted by molar-refractivity contribution is -0.113. The Bertz CT molecular complexity index is 781. The summed E-state index contributed by atoms with van der Waals surface area (Å²) in [6.45, 7) is 0.876. The second-order valence-electron chi connectivity index (χ2n) is 6.55. The highest BCUT2D eigenvalue weighted by molar-refractivity contribution is 5.50. The summed E-state index contributed by atoms with van der Waals surface area (Å²) in [7, 11) is 0. The van der Waals surface area contributed by atoms with Gasteiger partial charge in [-0.25, -0.2) is 0 Å². The van der Waals surface area contributed by atoms with Gasteiger partial charge >= 0.3 is 0 Å². The molecule has 0 spiro atoms. The number of azide groups is 1. The molecule has 1 fully saturated rings. The number of hydrogen-bond donors (Lipinski definition) is 0. The predicted octanol–water partition coefficient (Wildman–Crippen LogP) is 3.82. The fraction of sp³-hybridized carbons (Fsp3) is 0.381. The third-order valence-electron chi connectivity index (χ3n) is 4.63. The van der Waals surface area contributed by atoms with Gasteiger partial charge < -0.3 is 19.0 Å². The lowest BCUT2D eigenvalue weighted by Crippen LogP contribution is -2.38. The van der Waals surface area contributed by atoms with Crippen molar-refractivity contribution < 1.29 is 19.0 Å². The van der Waals surface area contributed by atoms with Gasteiger partial charge in [-0.2, -0.15) is 0 Å². The van der Waals surface area contributed by atoms with Crippen LogP contribution in [-0.4, -0.2) is 37.2 Å². The van der Waals surface area contributed by atoms with Crippen LogP contribution in [0.2, 0.25) is 0 Å². The Labute approximate surface area is 163 Å². The van der Waals surface area contributed by atoms with Crippen LogP contribution in [0.25, 0.3) is 10.4 Å². The number of carbonyl (C=O) groups excluding carboxylic acids is 1. The molecule has 3 rings (SSSR count). The van der Waals surface area contributed by atoms with Crippen molar-refractivity contribution in [1.29, 1.82) is 0 Å². The molecule has 28 heavy (non-hydrogen) atoms. The van der Waals surface area contributed by atoms with Gasteiger partial charge in [-0.05, 0) is 16.7 Å². The first-order valence-electron chi connectivity index (χ1n) is 9.23. The monoisotopic (exact) mass is 381 g/mol. The van der Waals surface area contributed by atoms with Gasteiger partial charge in [-0.1, -0.05) is 65.8 Å². The van der Waals surface area contributed by atoms with Gasteiger partial charge in [0.1, 0.15) is 18.5 Å². The average Bonchev–Trinajstić information content (AvgIpc) is 3.07. The minimum Gasteiger partial charge on any atom is -0.369 e. The van der Waals surface area contributed by atoms with E-state index in [1.807, 2.05) is 60.7 Å². The van der Waals surface area contributed by atoms with Crippen molar-refractivity contribution in [3.8, 4) is 0 Å². The zero-order valence-electron chi connectivity index (χ0n) is 15.5. The fourth-order valence-electron chi connectivity index (χ4n) is 3.29. The number of hydrogen-bond acceptors (Lipinski definition) is 5. The molecule has 7 heteroatoms. The standard InChI is InChI=1S/C21H23N3O4/c22-24-23-13-19-21(27-15-17-9-5-2-6-10-17)20(18(28-19)11-12-25)26-14-16-7-3-1-4-8-16/h1-10,12,18-21H,11,13-15H2/t18-,19-,20+,21-/m1/s1. The molecule has 0 unspecified atom stereocenters. The first-order chi connectivity index (χ1) is 13.8. The molecular weight excluding hydrogens is 358 g/mol. The summed E-state index contributed by atoms with van der Waals surface area (Å²) in [4.78, 5) is 13.9. The quantitative estimate of drug-likeness (QED) is 0.271. The molecule has 0 aromatic heterocycles. The van der Waals surface area contributed by atoms with E-state index in [4.69, 9.17) is 19.7 Å². The molecule has 1 aliphatic heterocycles. The maximum atomic E-state index is 11.1. The number of aldehydes is 1. The minimum absolute atomic E-state index is 0.122. The molecule has 2 aromatic rings. The van der Waals surface area contributed by atoms with Crippen LogP contribution in [0.3, 0.4) is 0 Å². The first-order valence-corrected chi connectivity index (χ1v) is 9.23. The van der Waals surface area contributed by atoms with Crippen molar-refractivity contribution in [3.63, 3.8) is 0 Å². The highest BCUT2D eigenvalue weighted by Gasteiger charge is 2.45. The molecule has 0 N–H and O–H groups in total. The van der Waals surface area contributed by atoms with Crippen LogP contribution in [0, 0.1) is 0 Å². The van der Waals surface area contributed by atoms with Crippen LogP contribution in [0.1, 0.15) is 17.5 Å². The molecule has 146 valence electrons. The van der Waals surface area contributed by atoms with Crippen LogP contribution >= 0.6 is 0 Å². The molecule has 0 aliphatic carbocycles. The normalized spacial score (nSPS) is 23.9. The molecule has 1 saturated heterocycles. The highest BCUT2D eigenvalue weighted by atomic mass is 16.6. The lowest BCUT2D eigenvalue weighted by Gasteiger charge is -2.24. The van der Waals surface area contributed by atoms with Crippen molar-refractivity contribution in [2.75, 3.05) is 6.54 Å². The van der Waals surface area contributed by atoms with Crippen molar-refractivity contribution in [2.45, 2.75) is 44.1 Å². The minimum atomic E-state index is -0.467. The predicted molar refractivity (Wildman–Crippen MR) is 103 cm³/mol. The van der Waals surface area contributed by atoms with Gasteiger partial charge in [0.2, 0.25) is 0 Å². The summed E-state index contributed by atoms with van der Waals surface area (Å²) < 4.78 is 18.2. The Morgan fingerprint density at radius 1 is 0.929 bits per heavy atom. The maximum absolute atomic E-state index is 11.1. The zero-order chi connectivity index (χ0) is 19.6. The van der Waals surface area contributed by atoms with Crippen LogP contribution in [0.5, 0.6) is 0 Å². The van der Waals surface area contributed by atoms with E-state index in [0.717, 1.165) is 17.4 Å². The molecule has 7 nitrogen and oxygen atoms in total. The maximum Gasteiger partial charge on any atom is 0.122 e. The van der Waals surface area contributed by atoms with Crippen molar-refractivity contribution in [2.24, 2.45) is 5.11 Å². The van der Waals surface area contributed by atoms with Crippen LogP contribution in [0.15, 0.2) is 65.8 Å². The Balaban J connectivity index is 1.74. The molecule has 1 heterocycles. The SMILES string of the molecule is [N-]=[N+]=NC[C@H]1O[C@H](CC=O)[C@H](OCc2ccccc2)[C@@H]1OCc1ccccc1. The van der Waals surface area contributed by atoms with E-state index in [1.54, 1.807) is 0 Å². The molecular formula is C21H23N3O4. The van der Waals surface area contributed by atoms with Gasteiger partial charge in [0.15, 0.2) is 0 Å². The van der Waals surface area contributed by atoms with E-state index in [-0.39, 0.29) is 13.0 Å². The molecule has 2 aromatic carbocycles. The summed E-state index contributed by atoms with van der Waals surface area (Å²) in [5, 5.41) is 3.64. The average molecular weight is 381 g/mol. The molecule has 0 saturated carbocycles. The van der Waals surface area contributed by atoms with Gasteiger partial charge in [0.05, 0.1) is 32.0 Å². The second-order valence-corrected chi connectivity index (χ2v) is 6.55. The van der Waals surface area contributed by atoms with Gasteiger partial charge in [-0.3, -0.25) is 0 Å². The largest absolute Gasteiger partial charge is 0.369 e. The number of benzene rings is 2. The summed E-state index contributed by atoms with van der Waals surface area (Å²) in [6, 6.07) is 19.6. The summed E-state index contributed by atoms with van der Waals surface area (Å²) in [5.74, 6) is 0. The van der Waals surface area contributed by atoms with E-state index in [0.29, 0.717) is 13.2 Å². The van der Waals surface area contributed by atoms with Crippen molar-refractivity contribution in [3.05, 3.63) is 82.2 Å². The van der Waals surface area contributed by atoms with Gasteiger partial charge in [0, 0.05) is 11.3 Å². The van der Waals surface area contributed by atoms with Crippen LogP contribution in [-0.2, 0) is 32.2 Å². The smallest absolute Gasteiger partial charge is 0.122 e. The van der Waals surface area contributed by atoms with E-state index in [2.05, 4.69) is 10.0 Å². The number of carbonyl (C=O) groups is 1. The third kappa shape index (κ3) is 5.41. The lowest BCUT2D eigenvalue weighted by atomic mass is 10.0. The Morgan fingerprint density at radius 3 is 1.96 bits per heavy atom. The second kappa shape index (κ2) is 10.6. The van der Waals surface area contributed by atoms with Crippen LogP contribution < -0.4 is 0 Å². The number of ether oxygens (including phenoxy) is 3. The molecule has 4 atom stereocenters. The molecule has 0 radical (unpaired) electrons. The van der Waals surface area contributed by atoms with Crippen molar-refractivity contribution >= 4 is 6.29 Å². The first kappa shape index (κ1) is 20.0. The van der Waals surface area contributed by atoms with Crippen molar-refractivity contribution in [1.82, 2.24) is 0 Å². The van der Waals surface area contributed by atoms with Gasteiger partial charge in [0.25, 0.3) is 0 Å². The Hall–Kier alpha value is -2.70. The van der Waals surface area contributed by atoms with E-state index in [1.165, 1.54) is 0 Å². The zero-order valence-corrected chi connectivity index (χ0v) is 15.5. The summed E-state index contributed by atoms with van der Waals surface area (Å²) in [6.07, 6.45) is -0.788. The van der Waals surface area contributed by atoms with E-state index in [9.17, 15) is 4.79 Å². The van der Waals surface area contributed by atoms with E-state index >= 15 is 0 Å². The fourth-order valence-corrected chi connectivity index (χ4v) is 3.29. The molecule has 1 aliphatic rings. The van der Waals surface area contributed by atoms with Gasteiger partial charge in [-0.15, -0.1) is 0 Å². The van der Waals surface area contributed by atoms with Crippen LogP contribution in [0.4, 0.5) is 0 Å². The summed E-state index contributed by atoms with van der Waals surface area (Å²) >= 11 is 0. The Morgan fingerprint density at radius 2 is 1.46 bits per heavy atom. The number of rotatable bonds is 10. The summed E-state index contributed by atoms with van der Waals surface area (Å²) in [5.41, 5.74) is 10.7. The topological polar surface area (TPSA) is 93.5 Å². The third-order valence-corrected chi connectivity index (χ3v) is 4.63. The van der Waals surface area contributed by atoms with E-state index < -0.39 is 24.4 Å². The number of nitrogens with zero attached hydrogens (tertiary/aromatic N) is 3. The molecule has 0 amide bonds. The molecule has 0 bridgehead atoms. The highest BCUT2D eigenvalue weighted by Crippen LogP contribution is 2.30. The Kier molecular flexibility index (Phi) is 7.58.